The highest BCUT2D eigenvalue weighted by molar-refractivity contribution is 8.00. The summed E-state index contributed by atoms with van der Waals surface area (Å²) in [6.45, 7) is 10.2. The number of hydrogen-bond donors (Lipinski definition) is 2. The molecule has 1 saturated heterocycles. The maximum atomic E-state index is 12.4. The average molecular weight is 429 g/mol. The van der Waals surface area contributed by atoms with Gasteiger partial charge in [-0.3, -0.25) is 0 Å². The van der Waals surface area contributed by atoms with Crippen LogP contribution in [0.1, 0.15) is 26.3 Å². The van der Waals surface area contributed by atoms with Crippen molar-refractivity contribution < 1.29 is 13.2 Å². The summed E-state index contributed by atoms with van der Waals surface area (Å²) in [4.78, 5) is 7.29. The molecule has 9 heteroatoms. The lowest BCUT2D eigenvalue weighted by Crippen LogP contribution is -2.50. The molecule has 0 bridgehead atoms. The second kappa shape index (κ2) is 10.5. The molecule has 0 atom stereocenters. The monoisotopic (exact) mass is 428 g/mol. The highest BCUT2D eigenvalue weighted by Gasteiger charge is 2.28. The fourth-order valence-electron chi connectivity index (χ4n) is 2.96. The summed E-state index contributed by atoms with van der Waals surface area (Å²) in [5, 5.41) is 3.36. The van der Waals surface area contributed by atoms with Crippen LogP contribution < -0.4 is 10.0 Å². The molecule has 0 aromatic heterocycles. The summed E-state index contributed by atoms with van der Waals surface area (Å²) in [7, 11) is -2.01. The first-order valence-electron chi connectivity index (χ1n) is 9.52. The molecule has 0 amide bonds. The number of sulfonamides is 1. The lowest BCUT2D eigenvalue weighted by molar-refractivity contribution is 0.204. The minimum atomic E-state index is -3.55. The molecule has 1 heterocycles. The van der Waals surface area contributed by atoms with Gasteiger partial charge >= 0.3 is 0 Å². The quantitative estimate of drug-likeness (QED) is 0.374. The summed E-state index contributed by atoms with van der Waals surface area (Å²) >= 11 is 1.98. The van der Waals surface area contributed by atoms with Crippen molar-refractivity contribution >= 4 is 27.7 Å². The van der Waals surface area contributed by atoms with Crippen LogP contribution in [-0.4, -0.2) is 69.7 Å². The molecule has 0 unspecified atom stereocenters. The molecule has 0 radical (unpaired) electrons. The molecule has 1 fully saturated rings. The fraction of sp³-hybridized carbons (Fsp3) is 0.632. The Kier molecular flexibility index (Phi) is 8.60. The Morgan fingerprint density at radius 3 is 2.86 bits per heavy atom. The van der Waals surface area contributed by atoms with Gasteiger partial charge in [-0.25, -0.2) is 18.1 Å². The summed E-state index contributed by atoms with van der Waals surface area (Å²) < 4.78 is 32.4. The van der Waals surface area contributed by atoms with E-state index in [1.807, 2.05) is 17.8 Å². The zero-order chi connectivity index (χ0) is 20.6. The van der Waals surface area contributed by atoms with Crippen molar-refractivity contribution in [3.8, 4) is 0 Å². The van der Waals surface area contributed by atoms with Crippen LogP contribution >= 0.6 is 11.8 Å². The number of methoxy groups -OCH3 is 1. The molecule has 2 N–H and O–H groups in total. The third-order valence-electron chi connectivity index (χ3n) is 4.28. The number of benzene rings is 1. The number of nitrogens with one attached hydrogen (secondary N) is 2. The van der Waals surface area contributed by atoms with Gasteiger partial charge in [0.25, 0.3) is 0 Å². The Bertz CT molecular complexity index is 766. The third-order valence-corrected chi connectivity index (χ3v) is 7.03. The first kappa shape index (κ1) is 23.0. The van der Waals surface area contributed by atoms with Gasteiger partial charge in [0.1, 0.15) is 0 Å². The number of hydrogen-bond acceptors (Lipinski definition) is 5. The number of guanidine groups is 1. The van der Waals surface area contributed by atoms with Crippen molar-refractivity contribution in [2.75, 3.05) is 45.6 Å². The minimum Gasteiger partial charge on any atom is -0.383 e. The van der Waals surface area contributed by atoms with E-state index in [-0.39, 0.29) is 16.2 Å². The van der Waals surface area contributed by atoms with Gasteiger partial charge in [0.15, 0.2) is 5.96 Å². The van der Waals surface area contributed by atoms with Crippen LogP contribution in [0.2, 0.25) is 0 Å². The molecule has 0 saturated carbocycles. The average Bonchev–Trinajstić information content (AvgIpc) is 2.64. The Morgan fingerprint density at radius 1 is 1.39 bits per heavy atom. The predicted octanol–water partition coefficient (Wildman–Crippen LogP) is 1.90. The summed E-state index contributed by atoms with van der Waals surface area (Å²) in [5.74, 6) is 1.94. The number of ether oxygens (including phenoxy) is 1. The number of nitrogens with zero attached hydrogens (tertiary/aromatic N) is 2. The molecule has 158 valence electrons. The van der Waals surface area contributed by atoms with Gasteiger partial charge in [-0.15, -0.1) is 0 Å². The lowest BCUT2D eigenvalue weighted by atomic mass is 10.2. The van der Waals surface area contributed by atoms with Crippen LogP contribution in [0.4, 0.5) is 0 Å². The van der Waals surface area contributed by atoms with Gasteiger partial charge < -0.3 is 15.0 Å². The Labute approximate surface area is 173 Å². The normalized spacial score (nSPS) is 17.6. The maximum absolute atomic E-state index is 12.4. The van der Waals surface area contributed by atoms with Gasteiger partial charge in [0, 0.05) is 43.8 Å². The second-order valence-corrected chi connectivity index (χ2v) is 10.8. The first-order chi connectivity index (χ1) is 13.3. The van der Waals surface area contributed by atoms with Crippen molar-refractivity contribution in [3.63, 3.8) is 0 Å². The molecule has 0 aliphatic carbocycles. The highest BCUT2D eigenvalue weighted by atomic mass is 32.2. The Morgan fingerprint density at radius 2 is 2.18 bits per heavy atom. The summed E-state index contributed by atoms with van der Waals surface area (Å²) in [6.07, 6.45) is 0. The van der Waals surface area contributed by atoms with E-state index < -0.39 is 10.0 Å². The zero-order valence-corrected chi connectivity index (χ0v) is 18.8. The molecular formula is C19H32N4O3S2. The van der Waals surface area contributed by atoms with E-state index >= 15 is 0 Å². The molecule has 1 aromatic carbocycles. The van der Waals surface area contributed by atoms with E-state index in [0.29, 0.717) is 13.2 Å². The van der Waals surface area contributed by atoms with E-state index in [1.54, 1.807) is 18.2 Å². The molecule has 1 aliphatic rings. The van der Waals surface area contributed by atoms with E-state index in [2.05, 4.69) is 35.7 Å². The van der Waals surface area contributed by atoms with Gasteiger partial charge in [0.2, 0.25) is 10.0 Å². The zero-order valence-electron chi connectivity index (χ0n) is 17.2. The SMILES string of the molecule is CCNC(=NCc1cccc(S(=O)(=O)NCCOC)c1)N1CCSC(C)(C)C1. The molecular weight excluding hydrogens is 396 g/mol. The largest absolute Gasteiger partial charge is 0.383 e. The fourth-order valence-corrected chi connectivity index (χ4v) is 5.16. The van der Waals surface area contributed by atoms with Crippen LogP contribution in [0.3, 0.4) is 0 Å². The van der Waals surface area contributed by atoms with E-state index in [9.17, 15) is 8.42 Å². The van der Waals surface area contributed by atoms with Crippen molar-refractivity contribution in [2.24, 2.45) is 4.99 Å². The van der Waals surface area contributed by atoms with Crippen molar-refractivity contribution in [1.29, 1.82) is 0 Å². The van der Waals surface area contributed by atoms with Crippen LogP contribution in [0, 0.1) is 0 Å². The van der Waals surface area contributed by atoms with Gasteiger partial charge in [-0.1, -0.05) is 12.1 Å². The smallest absolute Gasteiger partial charge is 0.240 e. The minimum absolute atomic E-state index is 0.191. The lowest BCUT2D eigenvalue weighted by Gasteiger charge is -2.39. The van der Waals surface area contributed by atoms with Gasteiger partial charge in [0.05, 0.1) is 18.0 Å². The Balaban J connectivity index is 2.12. The van der Waals surface area contributed by atoms with Crippen LogP contribution in [-0.2, 0) is 21.3 Å². The third kappa shape index (κ3) is 6.95. The van der Waals surface area contributed by atoms with E-state index in [1.165, 1.54) is 7.11 Å². The Hall–Kier alpha value is -1.29. The molecule has 2 rings (SSSR count). The maximum Gasteiger partial charge on any atom is 0.240 e. The van der Waals surface area contributed by atoms with Crippen molar-refractivity contribution in [1.82, 2.24) is 14.9 Å². The number of aliphatic imine (C=N–C) groups is 1. The van der Waals surface area contributed by atoms with Crippen LogP contribution in [0.5, 0.6) is 0 Å². The molecule has 0 spiro atoms. The highest BCUT2D eigenvalue weighted by Crippen LogP contribution is 2.29. The topological polar surface area (TPSA) is 83.0 Å². The van der Waals surface area contributed by atoms with Crippen molar-refractivity contribution in [2.45, 2.75) is 37.0 Å². The van der Waals surface area contributed by atoms with Crippen LogP contribution in [0.15, 0.2) is 34.2 Å². The first-order valence-corrected chi connectivity index (χ1v) is 12.0. The van der Waals surface area contributed by atoms with Gasteiger partial charge in [-0.05, 0) is 38.5 Å². The number of thioether (sulfide) groups is 1. The predicted molar refractivity (Wildman–Crippen MR) is 116 cm³/mol. The summed E-state index contributed by atoms with van der Waals surface area (Å²) in [5.41, 5.74) is 0.857. The molecule has 28 heavy (non-hydrogen) atoms. The van der Waals surface area contributed by atoms with Gasteiger partial charge in [-0.2, -0.15) is 11.8 Å². The van der Waals surface area contributed by atoms with E-state index in [4.69, 9.17) is 9.73 Å². The second-order valence-electron chi connectivity index (χ2n) is 7.24. The van der Waals surface area contributed by atoms with Crippen molar-refractivity contribution in [3.05, 3.63) is 29.8 Å². The molecule has 1 aromatic rings. The standard InChI is InChI=1S/C19H32N4O3S2/c1-5-20-18(23-10-12-27-19(2,3)15-23)21-14-16-7-6-8-17(13-16)28(24,25)22-9-11-26-4/h6-8,13,22H,5,9-12,14-15H2,1-4H3,(H,20,21). The van der Waals surface area contributed by atoms with E-state index in [0.717, 1.165) is 36.9 Å². The molecule has 1 aliphatic heterocycles. The summed E-state index contributed by atoms with van der Waals surface area (Å²) in [6, 6.07) is 6.93. The number of rotatable bonds is 8. The van der Waals surface area contributed by atoms with Crippen LogP contribution in [0.25, 0.3) is 0 Å². The molecule has 7 nitrogen and oxygen atoms in total.